The quantitative estimate of drug-likeness (QED) is 0.551. The lowest BCUT2D eigenvalue weighted by Gasteiger charge is -2.43. The molecule has 0 saturated carbocycles. The highest BCUT2D eigenvalue weighted by molar-refractivity contribution is 5.93. The zero-order valence-corrected chi connectivity index (χ0v) is 21.4. The van der Waals surface area contributed by atoms with Crippen LogP contribution in [-0.4, -0.2) is 62.9 Å². The number of H-pyrrole nitrogens is 1. The zero-order valence-electron chi connectivity index (χ0n) is 21.4. The SMILES string of the molecule is CC(C)(C)OC(=O)N1CCC2(CC1)C(=O)N(Cc1cc(-c3ccc(F)cc3)n[nH]1)CN2c1ccccc1. The van der Waals surface area contributed by atoms with Gasteiger partial charge in [-0.3, -0.25) is 9.89 Å². The van der Waals surface area contributed by atoms with E-state index in [1.54, 1.807) is 17.0 Å². The van der Waals surface area contributed by atoms with Gasteiger partial charge in [-0.15, -0.1) is 0 Å². The average molecular weight is 506 g/mol. The van der Waals surface area contributed by atoms with Crippen molar-refractivity contribution in [2.24, 2.45) is 0 Å². The number of likely N-dealkylation sites (tertiary alicyclic amines) is 1. The summed E-state index contributed by atoms with van der Waals surface area (Å²) < 4.78 is 18.9. The van der Waals surface area contributed by atoms with Crippen LogP contribution in [-0.2, 0) is 16.1 Å². The van der Waals surface area contributed by atoms with Crippen molar-refractivity contribution in [3.63, 3.8) is 0 Å². The molecule has 2 amide bonds. The van der Waals surface area contributed by atoms with Gasteiger partial charge in [0.2, 0.25) is 5.91 Å². The lowest BCUT2D eigenvalue weighted by Crippen LogP contribution is -2.57. The van der Waals surface area contributed by atoms with Crippen LogP contribution in [0, 0.1) is 5.82 Å². The summed E-state index contributed by atoms with van der Waals surface area (Å²) in [6, 6.07) is 18.0. The van der Waals surface area contributed by atoms with Crippen molar-refractivity contribution in [1.29, 1.82) is 0 Å². The molecule has 0 radical (unpaired) electrons. The molecule has 194 valence electrons. The number of nitrogens with one attached hydrogen (secondary N) is 1. The number of anilines is 1. The molecule has 9 heteroatoms. The van der Waals surface area contributed by atoms with Gasteiger partial charge in [-0.25, -0.2) is 9.18 Å². The lowest BCUT2D eigenvalue weighted by molar-refractivity contribution is -0.134. The van der Waals surface area contributed by atoms with Crippen molar-refractivity contribution in [2.75, 3.05) is 24.7 Å². The van der Waals surface area contributed by atoms with Crippen LogP contribution in [0.3, 0.4) is 0 Å². The van der Waals surface area contributed by atoms with Gasteiger partial charge >= 0.3 is 6.09 Å². The fraction of sp³-hybridized carbons (Fsp3) is 0.393. The van der Waals surface area contributed by atoms with Crippen LogP contribution >= 0.6 is 0 Å². The van der Waals surface area contributed by atoms with Gasteiger partial charge in [0.1, 0.15) is 17.0 Å². The Morgan fingerprint density at radius 3 is 2.41 bits per heavy atom. The molecule has 37 heavy (non-hydrogen) atoms. The maximum Gasteiger partial charge on any atom is 0.410 e. The number of ether oxygens (including phenoxy) is 1. The minimum Gasteiger partial charge on any atom is -0.444 e. The van der Waals surface area contributed by atoms with E-state index in [1.807, 2.05) is 62.1 Å². The molecule has 1 N–H and O–H groups in total. The molecule has 2 aromatic carbocycles. The van der Waals surface area contributed by atoms with Crippen LogP contribution in [0.5, 0.6) is 0 Å². The van der Waals surface area contributed by atoms with E-state index in [0.717, 1.165) is 16.9 Å². The topological polar surface area (TPSA) is 81.8 Å². The fourth-order valence-electron chi connectivity index (χ4n) is 5.12. The highest BCUT2D eigenvalue weighted by Gasteiger charge is 2.54. The second kappa shape index (κ2) is 9.53. The lowest BCUT2D eigenvalue weighted by atomic mass is 9.85. The number of benzene rings is 2. The number of aromatic nitrogens is 2. The van der Waals surface area contributed by atoms with Gasteiger partial charge in [-0.1, -0.05) is 18.2 Å². The predicted molar refractivity (Wildman–Crippen MR) is 138 cm³/mol. The van der Waals surface area contributed by atoms with E-state index < -0.39 is 11.1 Å². The smallest absolute Gasteiger partial charge is 0.410 e. The van der Waals surface area contributed by atoms with Gasteiger partial charge in [-0.05, 0) is 76.1 Å². The molecule has 2 aliphatic rings. The van der Waals surface area contributed by atoms with Gasteiger partial charge in [0.15, 0.2) is 0 Å². The molecule has 8 nitrogen and oxygen atoms in total. The van der Waals surface area contributed by atoms with Gasteiger partial charge < -0.3 is 19.4 Å². The normalized spacial score (nSPS) is 17.5. The van der Waals surface area contributed by atoms with Crippen molar-refractivity contribution in [2.45, 2.75) is 51.3 Å². The van der Waals surface area contributed by atoms with Crippen molar-refractivity contribution >= 4 is 17.7 Å². The molecule has 1 aromatic heterocycles. The highest BCUT2D eigenvalue weighted by Crippen LogP contribution is 2.40. The number of para-hydroxylation sites is 1. The number of aromatic amines is 1. The standard InChI is InChI=1S/C28H32FN5O3/c1-27(2,3)37-26(36)32-15-13-28(14-16-32)25(35)33(19-34(28)23-7-5-4-6-8-23)18-22-17-24(31-30-22)20-9-11-21(29)12-10-20/h4-12,17H,13-16,18-19H2,1-3H3,(H,30,31). The summed E-state index contributed by atoms with van der Waals surface area (Å²) in [4.78, 5) is 32.3. The second-order valence-electron chi connectivity index (χ2n) is 10.7. The second-order valence-corrected chi connectivity index (χ2v) is 10.7. The Morgan fingerprint density at radius 1 is 1.08 bits per heavy atom. The third-order valence-electron chi connectivity index (χ3n) is 6.96. The van der Waals surface area contributed by atoms with Crippen LogP contribution in [0.1, 0.15) is 39.3 Å². The molecule has 5 rings (SSSR count). The van der Waals surface area contributed by atoms with Crippen LogP contribution in [0.15, 0.2) is 60.7 Å². The number of piperidine rings is 1. The molecule has 2 fully saturated rings. The Labute approximate surface area is 216 Å². The molecule has 3 heterocycles. The van der Waals surface area contributed by atoms with E-state index in [1.165, 1.54) is 12.1 Å². The molecule has 0 bridgehead atoms. The summed E-state index contributed by atoms with van der Waals surface area (Å²) in [5, 5.41) is 7.40. The highest BCUT2D eigenvalue weighted by atomic mass is 19.1. The third-order valence-corrected chi connectivity index (χ3v) is 6.96. The molecule has 1 spiro atoms. The van der Waals surface area contributed by atoms with Crippen LogP contribution in [0.2, 0.25) is 0 Å². The molecular weight excluding hydrogens is 473 g/mol. The summed E-state index contributed by atoms with van der Waals surface area (Å²) in [7, 11) is 0. The Hall–Kier alpha value is -3.88. The first-order valence-corrected chi connectivity index (χ1v) is 12.5. The van der Waals surface area contributed by atoms with Crippen LogP contribution < -0.4 is 4.90 Å². The summed E-state index contributed by atoms with van der Waals surface area (Å²) in [5.41, 5.74) is 1.96. The fourth-order valence-corrected chi connectivity index (χ4v) is 5.12. The van der Waals surface area contributed by atoms with Gasteiger partial charge in [0.05, 0.1) is 24.6 Å². The Kier molecular flexibility index (Phi) is 6.39. The minimum atomic E-state index is -0.736. The minimum absolute atomic E-state index is 0.0399. The number of nitrogens with zero attached hydrogens (tertiary/aromatic N) is 4. The first-order chi connectivity index (χ1) is 17.6. The molecule has 0 aliphatic carbocycles. The molecule has 0 atom stereocenters. The van der Waals surface area contributed by atoms with E-state index in [0.29, 0.717) is 44.8 Å². The molecular formula is C28H32FN5O3. The van der Waals surface area contributed by atoms with E-state index in [4.69, 9.17) is 4.74 Å². The van der Waals surface area contributed by atoms with Crippen molar-refractivity contribution in [3.05, 3.63) is 72.2 Å². The number of hydrogen-bond donors (Lipinski definition) is 1. The number of amides is 2. The zero-order chi connectivity index (χ0) is 26.2. The maximum absolute atomic E-state index is 14.0. The number of rotatable bonds is 4. The van der Waals surface area contributed by atoms with E-state index >= 15 is 0 Å². The van der Waals surface area contributed by atoms with Crippen LogP contribution in [0.4, 0.5) is 14.9 Å². The van der Waals surface area contributed by atoms with Crippen molar-refractivity contribution in [3.8, 4) is 11.3 Å². The molecule has 2 aliphatic heterocycles. The molecule has 2 saturated heterocycles. The predicted octanol–water partition coefficient (Wildman–Crippen LogP) is 4.79. The Balaban J connectivity index is 1.36. The number of carbonyl (C=O) groups is 2. The Bertz CT molecular complexity index is 1260. The molecule has 3 aromatic rings. The molecule has 0 unspecified atom stereocenters. The number of carbonyl (C=O) groups excluding carboxylic acids is 2. The third kappa shape index (κ3) is 5.03. The Morgan fingerprint density at radius 2 is 1.76 bits per heavy atom. The van der Waals surface area contributed by atoms with E-state index in [9.17, 15) is 14.0 Å². The number of halogens is 1. The maximum atomic E-state index is 14.0. The number of hydrogen-bond acceptors (Lipinski definition) is 5. The summed E-state index contributed by atoms with van der Waals surface area (Å²) >= 11 is 0. The van der Waals surface area contributed by atoms with Crippen molar-refractivity contribution in [1.82, 2.24) is 20.0 Å². The van der Waals surface area contributed by atoms with E-state index in [-0.39, 0.29) is 17.8 Å². The van der Waals surface area contributed by atoms with E-state index in [2.05, 4.69) is 15.1 Å². The largest absolute Gasteiger partial charge is 0.444 e. The summed E-state index contributed by atoms with van der Waals surface area (Å²) in [6.45, 7) is 7.23. The monoisotopic (exact) mass is 505 g/mol. The van der Waals surface area contributed by atoms with Gasteiger partial charge in [0.25, 0.3) is 0 Å². The summed E-state index contributed by atoms with van der Waals surface area (Å²) in [5.74, 6) is -0.260. The average Bonchev–Trinajstić information content (AvgIpc) is 3.44. The van der Waals surface area contributed by atoms with Crippen LogP contribution in [0.25, 0.3) is 11.3 Å². The first-order valence-electron chi connectivity index (χ1n) is 12.5. The van der Waals surface area contributed by atoms with Gasteiger partial charge in [0, 0.05) is 24.3 Å². The first kappa shape index (κ1) is 24.8. The summed E-state index contributed by atoms with van der Waals surface area (Å²) in [6.07, 6.45) is 0.683. The van der Waals surface area contributed by atoms with Crippen molar-refractivity contribution < 1.29 is 18.7 Å². The van der Waals surface area contributed by atoms with Gasteiger partial charge in [-0.2, -0.15) is 5.10 Å².